The van der Waals surface area contributed by atoms with Crippen molar-refractivity contribution in [2.75, 3.05) is 26.3 Å². The van der Waals surface area contributed by atoms with E-state index >= 15 is 0 Å². The van der Waals surface area contributed by atoms with Gasteiger partial charge in [-0.2, -0.15) is 0 Å². The van der Waals surface area contributed by atoms with Gasteiger partial charge in [0.25, 0.3) is 0 Å². The molecule has 0 aliphatic carbocycles. The van der Waals surface area contributed by atoms with E-state index in [0.29, 0.717) is 32.4 Å². The van der Waals surface area contributed by atoms with Gasteiger partial charge >= 0.3 is 5.97 Å². The lowest BCUT2D eigenvalue weighted by molar-refractivity contribution is -0.161. The lowest BCUT2D eigenvalue weighted by Gasteiger charge is -2.38. The summed E-state index contributed by atoms with van der Waals surface area (Å²) >= 11 is 0. The average molecular weight is 477 g/mol. The molecule has 3 fully saturated rings. The molecule has 0 radical (unpaired) electrons. The van der Waals surface area contributed by atoms with Gasteiger partial charge in [0.2, 0.25) is 11.8 Å². The van der Waals surface area contributed by atoms with Crippen LogP contribution in [0.2, 0.25) is 0 Å². The summed E-state index contributed by atoms with van der Waals surface area (Å²) in [4.78, 5) is 44.5. The minimum absolute atomic E-state index is 0.0330. The normalized spacial score (nSPS) is 33.8. The summed E-state index contributed by atoms with van der Waals surface area (Å²) < 4.78 is 12.1. The van der Waals surface area contributed by atoms with E-state index < -0.39 is 35.0 Å². The molecular formula is C26H40N2O6. The monoisotopic (exact) mass is 476 g/mol. The zero-order valence-corrected chi connectivity index (χ0v) is 21.0. The Labute approximate surface area is 202 Å². The van der Waals surface area contributed by atoms with Crippen molar-refractivity contribution in [1.82, 2.24) is 9.80 Å². The van der Waals surface area contributed by atoms with Crippen LogP contribution in [0.15, 0.2) is 25.3 Å². The standard InChI is InChI=1S/C26H40N2O6/c1-7-12-27(17(3)4)23(31)21-26-16-18(5)25(6,34-26)20(24(32)33-15-8-2)19(26)22(30)28(21)13-10-9-11-14-29/h7-8,17-21,29H,1-2,9-16H2,3-6H3/t18?,19-,20+,21?,25-,26?/m0/s1. The summed E-state index contributed by atoms with van der Waals surface area (Å²) in [5.41, 5.74) is -1.97. The van der Waals surface area contributed by atoms with Crippen LogP contribution in [0.25, 0.3) is 0 Å². The van der Waals surface area contributed by atoms with E-state index in [-0.39, 0.29) is 37.0 Å². The quantitative estimate of drug-likeness (QED) is 0.264. The molecule has 3 aliphatic rings. The van der Waals surface area contributed by atoms with Crippen molar-refractivity contribution in [3.63, 3.8) is 0 Å². The van der Waals surface area contributed by atoms with Crippen LogP contribution in [0.4, 0.5) is 0 Å². The second kappa shape index (κ2) is 10.2. The van der Waals surface area contributed by atoms with Gasteiger partial charge in [-0.15, -0.1) is 6.58 Å². The van der Waals surface area contributed by atoms with Gasteiger partial charge in [-0.3, -0.25) is 14.4 Å². The summed E-state index contributed by atoms with van der Waals surface area (Å²) in [5.74, 6) is -2.46. The molecule has 190 valence electrons. The van der Waals surface area contributed by atoms with Crippen molar-refractivity contribution in [3.8, 4) is 0 Å². The fourth-order valence-electron chi connectivity index (χ4n) is 6.27. The summed E-state index contributed by atoms with van der Waals surface area (Å²) in [7, 11) is 0. The SMILES string of the molecule is C=CCOC(=O)[C@H]1[C@H]2C(=O)N(CCCCCO)C(C(=O)N(CC=C)C(C)C)C23CC(C)[C@]1(C)O3. The van der Waals surface area contributed by atoms with Crippen molar-refractivity contribution in [2.24, 2.45) is 17.8 Å². The molecule has 3 aliphatic heterocycles. The molecule has 2 amide bonds. The smallest absolute Gasteiger partial charge is 0.313 e. The van der Waals surface area contributed by atoms with Crippen LogP contribution < -0.4 is 0 Å². The predicted octanol–water partition coefficient (Wildman–Crippen LogP) is 2.31. The highest BCUT2D eigenvalue weighted by molar-refractivity contribution is 5.98. The molecule has 1 spiro atoms. The van der Waals surface area contributed by atoms with Gasteiger partial charge in [0.1, 0.15) is 24.2 Å². The van der Waals surface area contributed by atoms with Gasteiger partial charge in [-0.1, -0.05) is 25.7 Å². The number of carbonyl (C=O) groups is 3. The molecule has 3 saturated heterocycles. The number of amides is 2. The number of unbranched alkanes of at least 4 members (excludes halogenated alkanes) is 2. The number of nitrogens with zero attached hydrogens (tertiary/aromatic N) is 2. The van der Waals surface area contributed by atoms with Crippen molar-refractivity contribution in [2.45, 2.75) is 76.7 Å². The Morgan fingerprint density at radius 3 is 2.59 bits per heavy atom. The molecule has 1 N–H and O–H groups in total. The molecule has 8 heteroatoms. The molecular weight excluding hydrogens is 436 g/mol. The molecule has 2 bridgehead atoms. The number of rotatable bonds is 12. The maximum absolute atomic E-state index is 14.0. The van der Waals surface area contributed by atoms with Gasteiger partial charge in [0, 0.05) is 25.7 Å². The van der Waals surface area contributed by atoms with Crippen LogP contribution in [0.5, 0.6) is 0 Å². The third kappa shape index (κ3) is 4.09. The summed E-state index contributed by atoms with van der Waals surface area (Å²) in [6.07, 6.45) is 5.72. The lowest BCUT2D eigenvalue weighted by atomic mass is 9.62. The Morgan fingerprint density at radius 1 is 1.29 bits per heavy atom. The Hall–Kier alpha value is -2.19. The molecule has 8 nitrogen and oxygen atoms in total. The summed E-state index contributed by atoms with van der Waals surface area (Å²) in [6.45, 7) is 16.0. The zero-order valence-electron chi connectivity index (χ0n) is 21.0. The number of hydrogen-bond donors (Lipinski definition) is 1. The molecule has 0 aromatic rings. The van der Waals surface area contributed by atoms with E-state index in [1.165, 1.54) is 6.08 Å². The van der Waals surface area contributed by atoms with E-state index in [1.54, 1.807) is 15.9 Å². The van der Waals surface area contributed by atoms with Crippen LogP contribution in [0.1, 0.15) is 53.4 Å². The Bertz CT molecular complexity index is 828. The van der Waals surface area contributed by atoms with Crippen molar-refractivity contribution >= 4 is 17.8 Å². The maximum atomic E-state index is 14.0. The second-order valence-electron chi connectivity index (χ2n) is 10.3. The lowest BCUT2D eigenvalue weighted by Crippen LogP contribution is -2.57. The van der Waals surface area contributed by atoms with Gasteiger partial charge in [-0.05, 0) is 52.4 Å². The van der Waals surface area contributed by atoms with Crippen molar-refractivity contribution in [1.29, 1.82) is 0 Å². The Kier molecular flexibility index (Phi) is 7.92. The fourth-order valence-corrected chi connectivity index (χ4v) is 6.27. The average Bonchev–Trinajstić information content (AvgIpc) is 3.29. The maximum Gasteiger partial charge on any atom is 0.313 e. The minimum Gasteiger partial charge on any atom is -0.461 e. The first-order valence-corrected chi connectivity index (χ1v) is 12.4. The second-order valence-corrected chi connectivity index (χ2v) is 10.3. The topological polar surface area (TPSA) is 96.4 Å². The van der Waals surface area contributed by atoms with Crippen LogP contribution in [0, 0.1) is 17.8 Å². The number of likely N-dealkylation sites (tertiary alicyclic amines) is 1. The van der Waals surface area contributed by atoms with E-state index in [9.17, 15) is 14.4 Å². The van der Waals surface area contributed by atoms with Gasteiger partial charge in [-0.25, -0.2) is 0 Å². The minimum atomic E-state index is -1.08. The highest BCUT2D eigenvalue weighted by Gasteiger charge is 2.80. The molecule has 0 saturated carbocycles. The molecule has 34 heavy (non-hydrogen) atoms. The van der Waals surface area contributed by atoms with Gasteiger partial charge in [0.15, 0.2) is 0 Å². The van der Waals surface area contributed by atoms with Crippen LogP contribution in [0.3, 0.4) is 0 Å². The van der Waals surface area contributed by atoms with Gasteiger partial charge in [0.05, 0.1) is 11.5 Å². The number of carbonyl (C=O) groups excluding carboxylic acids is 3. The number of esters is 1. The van der Waals surface area contributed by atoms with Crippen molar-refractivity contribution in [3.05, 3.63) is 25.3 Å². The molecule has 3 unspecified atom stereocenters. The first-order chi connectivity index (χ1) is 16.1. The third-order valence-electron chi connectivity index (χ3n) is 7.94. The number of aliphatic hydroxyl groups excluding tert-OH is 1. The Morgan fingerprint density at radius 2 is 2.00 bits per heavy atom. The first-order valence-electron chi connectivity index (χ1n) is 12.4. The Balaban J connectivity index is 2.05. The van der Waals surface area contributed by atoms with Gasteiger partial charge < -0.3 is 24.4 Å². The first kappa shape index (κ1) is 26.4. The zero-order chi connectivity index (χ0) is 25.3. The van der Waals surface area contributed by atoms with E-state index in [2.05, 4.69) is 13.2 Å². The predicted molar refractivity (Wildman–Crippen MR) is 128 cm³/mol. The third-order valence-corrected chi connectivity index (χ3v) is 7.94. The molecule has 3 rings (SSSR count). The van der Waals surface area contributed by atoms with Crippen LogP contribution in [-0.4, -0.2) is 82.3 Å². The molecule has 6 atom stereocenters. The number of fused-ring (bicyclic) bond motifs is 1. The van der Waals surface area contributed by atoms with E-state index in [4.69, 9.17) is 14.6 Å². The molecule has 0 aromatic carbocycles. The number of ether oxygens (including phenoxy) is 2. The highest BCUT2D eigenvalue weighted by Crippen LogP contribution is 2.65. The van der Waals surface area contributed by atoms with Crippen LogP contribution in [-0.2, 0) is 23.9 Å². The molecule has 0 aromatic heterocycles. The van der Waals surface area contributed by atoms with E-state index in [1.807, 2.05) is 27.7 Å². The highest BCUT2D eigenvalue weighted by atomic mass is 16.6. The van der Waals surface area contributed by atoms with E-state index in [0.717, 1.165) is 6.42 Å². The fraction of sp³-hybridized carbons (Fsp3) is 0.731. The summed E-state index contributed by atoms with van der Waals surface area (Å²) in [5, 5.41) is 9.15. The molecule has 3 heterocycles. The van der Waals surface area contributed by atoms with Crippen molar-refractivity contribution < 1.29 is 29.0 Å². The number of hydrogen-bond acceptors (Lipinski definition) is 6. The largest absolute Gasteiger partial charge is 0.461 e. The van der Waals surface area contributed by atoms with Crippen LogP contribution >= 0.6 is 0 Å². The summed E-state index contributed by atoms with van der Waals surface area (Å²) in [6, 6.07) is -0.907. The number of aliphatic hydroxyl groups is 1.